The van der Waals surface area contributed by atoms with E-state index in [1.54, 1.807) is 14.2 Å². The second-order valence-electron chi connectivity index (χ2n) is 9.58. The smallest absolute Gasteiger partial charge is 0.161 e. The SMILES string of the molecule is COc1cc(CNCCCCNCc2ccc(OCc3ccccc3)c(OC)c2)ccc1OCc1ccccc1. The molecule has 0 atom stereocenters. The van der Waals surface area contributed by atoms with E-state index < -0.39 is 0 Å². The molecule has 4 aromatic carbocycles. The van der Waals surface area contributed by atoms with Crippen molar-refractivity contribution in [3.63, 3.8) is 0 Å². The van der Waals surface area contributed by atoms with Crippen molar-refractivity contribution in [2.45, 2.75) is 39.1 Å². The number of benzene rings is 4. The normalized spacial score (nSPS) is 10.8. The third kappa shape index (κ3) is 9.33. The van der Waals surface area contributed by atoms with Gasteiger partial charge in [0.05, 0.1) is 14.2 Å². The maximum absolute atomic E-state index is 5.96. The number of ether oxygens (including phenoxy) is 4. The Morgan fingerprint density at radius 1 is 0.475 bits per heavy atom. The van der Waals surface area contributed by atoms with Gasteiger partial charge in [-0.15, -0.1) is 0 Å². The lowest BCUT2D eigenvalue weighted by Gasteiger charge is -2.13. The monoisotopic (exact) mass is 540 g/mol. The van der Waals surface area contributed by atoms with Gasteiger partial charge in [-0.25, -0.2) is 0 Å². The Kier molecular flexibility index (Phi) is 11.7. The van der Waals surface area contributed by atoms with E-state index in [4.69, 9.17) is 18.9 Å². The van der Waals surface area contributed by atoms with Gasteiger partial charge in [-0.3, -0.25) is 0 Å². The third-order valence-corrected chi connectivity index (χ3v) is 6.55. The Bertz CT molecular complexity index is 1180. The summed E-state index contributed by atoms with van der Waals surface area (Å²) in [6.45, 7) is 4.53. The minimum absolute atomic E-state index is 0.519. The molecule has 0 saturated heterocycles. The zero-order valence-corrected chi connectivity index (χ0v) is 23.5. The number of nitrogens with one attached hydrogen (secondary N) is 2. The molecule has 0 aliphatic heterocycles. The van der Waals surface area contributed by atoms with Crippen molar-refractivity contribution in [3.8, 4) is 23.0 Å². The van der Waals surface area contributed by atoms with Crippen LogP contribution in [0.3, 0.4) is 0 Å². The minimum Gasteiger partial charge on any atom is -0.493 e. The molecule has 0 radical (unpaired) electrons. The van der Waals surface area contributed by atoms with E-state index in [2.05, 4.69) is 47.0 Å². The standard InChI is InChI=1S/C34H40N2O4/c1-37-33-21-29(15-17-31(33)39-25-27-11-5-3-6-12-27)23-35-19-9-10-20-36-24-30-16-18-32(34(22-30)38-2)40-26-28-13-7-4-8-14-28/h3-8,11-18,21-22,35-36H,9-10,19-20,23-26H2,1-2H3. The summed E-state index contributed by atoms with van der Waals surface area (Å²) in [4.78, 5) is 0. The minimum atomic E-state index is 0.519. The van der Waals surface area contributed by atoms with Crippen LogP contribution in [0.2, 0.25) is 0 Å². The molecule has 0 fully saturated rings. The van der Waals surface area contributed by atoms with Gasteiger partial charge in [0.25, 0.3) is 0 Å². The molecule has 2 N–H and O–H groups in total. The first-order valence-corrected chi connectivity index (χ1v) is 13.8. The fourth-order valence-corrected chi connectivity index (χ4v) is 4.32. The lowest BCUT2D eigenvalue weighted by atomic mass is 10.2. The number of hydrogen-bond acceptors (Lipinski definition) is 6. The van der Waals surface area contributed by atoms with Crippen LogP contribution >= 0.6 is 0 Å². The van der Waals surface area contributed by atoms with Crippen molar-refractivity contribution in [1.82, 2.24) is 10.6 Å². The van der Waals surface area contributed by atoms with E-state index in [1.165, 1.54) is 11.1 Å². The van der Waals surface area contributed by atoms with E-state index in [0.717, 1.165) is 73.1 Å². The molecule has 6 heteroatoms. The van der Waals surface area contributed by atoms with Crippen LogP contribution in [0.5, 0.6) is 23.0 Å². The molecule has 0 saturated carbocycles. The second kappa shape index (κ2) is 16.2. The van der Waals surface area contributed by atoms with Gasteiger partial charge < -0.3 is 29.6 Å². The Hall–Kier alpha value is -4.00. The highest BCUT2D eigenvalue weighted by Crippen LogP contribution is 2.30. The topological polar surface area (TPSA) is 61.0 Å². The number of rotatable bonds is 17. The molecular formula is C34H40N2O4. The maximum atomic E-state index is 5.96. The highest BCUT2D eigenvalue weighted by atomic mass is 16.5. The summed E-state index contributed by atoms with van der Waals surface area (Å²) in [6.07, 6.45) is 2.19. The molecule has 0 bridgehead atoms. The molecule has 0 amide bonds. The van der Waals surface area contributed by atoms with Gasteiger partial charge >= 0.3 is 0 Å². The van der Waals surface area contributed by atoms with Gasteiger partial charge in [-0.2, -0.15) is 0 Å². The van der Waals surface area contributed by atoms with Gasteiger partial charge in [0.2, 0.25) is 0 Å². The summed E-state index contributed by atoms with van der Waals surface area (Å²) in [5.74, 6) is 3.03. The van der Waals surface area contributed by atoms with E-state index in [0.29, 0.717) is 13.2 Å². The van der Waals surface area contributed by atoms with Gasteiger partial charge in [0.1, 0.15) is 13.2 Å². The zero-order valence-electron chi connectivity index (χ0n) is 23.5. The predicted octanol–water partition coefficient (Wildman–Crippen LogP) is 6.52. The highest BCUT2D eigenvalue weighted by Gasteiger charge is 2.08. The Labute approximate surface area is 238 Å². The van der Waals surface area contributed by atoms with Gasteiger partial charge in [0.15, 0.2) is 23.0 Å². The Morgan fingerprint density at radius 3 is 1.30 bits per heavy atom. The van der Waals surface area contributed by atoms with E-state index in [-0.39, 0.29) is 0 Å². The van der Waals surface area contributed by atoms with E-state index >= 15 is 0 Å². The number of unbranched alkanes of at least 4 members (excludes halogenated alkanes) is 1. The number of hydrogen-bond donors (Lipinski definition) is 2. The van der Waals surface area contributed by atoms with Crippen molar-refractivity contribution in [2.75, 3.05) is 27.3 Å². The fraction of sp³-hybridized carbons (Fsp3) is 0.294. The van der Waals surface area contributed by atoms with Crippen molar-refractivity contribution in [2.24, 2.45) is 0 Å². The molecule has 0 aliphatic rings. The average Bonchev–Trinajstić information content (AvgIpc) is 3.01. The van der Waals surface area contributed by atoms with Crippen LogP contribution < -0.4 is 29.6 Å². The van der Waals surface area contributed by atoms with Crippen molar-refractivity contribution in [3.05, 3.63) is 119 Å². The number of methoxy groups -OCH3 is 2. The summed E-state index contributed by atoms with van der Waals surface area (Å²) >= 11 is 0. The molecule has 0 aliphatic carbocycles. The molecule has 210 valence electrons. The third-order valence-electron chi connectivity index (χ3n) is 6.55. The van der Waals surface area contributed by atoms with Crippen molar-refractivity contribution in [1.29, 1.82) is 0 Å². The van der Waals surface area contributed by atoms with Gasteiger partial charge in [-0.05, 0) is 72.5 Å². The van der Waals surface area contributed by atoms with Crippen LogP contribution in [0.25, 0.3) is 0 Å². The van der Waals surface area contributed by atoms with Crippen LogP contribution in [0.1, 0.15) is 35.1 Å². The molecular weight excluding hydrogens is 500 g/mol. The predicted molar refractivity (Wildman–Crippen MR) is 160 cm³/mol. The molecule has 40 heavy (non-hydrogen) atoms. The van der Waals surface area contributed by atoms with Crippen LogP contribution in [0.4, 0.5) is 0 Å². The van der Waals surface area contributed by atoms with Crippen LogP contribution in [-0.4, -0.2) is 27.3 Å². The van der Waals surface area contributed by atoms with Crippen LogP contribution in [0.15, 0.2) is 97.1 Å². The molecule has 0 aromatic heterocycles. The molecule has 4 rings (SSSR count). The first kappa shape index (κ1) is 29.0. The first-order chi connectivity index (χ1) is 19.7. The summed E-state index contributed by atoms with van der Waals surface area (Å²) in [5, 5.41) is 7.06. The largest absolute Gasteiger partial charge is 0.493 e. The quantitative estimate of drug-likeness (QED) is 0.149. The van der Waals surface area contributed by atoms with E-state index in [9.17, 15) is 0 Å². The Morgan fingerprint density at radius 2 is 0.900 bits per heavy atom. The van der Waals surface area contributed by atoms with Gasteiger partial charge in [-0.1, -0.05) is 72.8 Å². The van der Waals surface area contributed by atoms with Crippen LogP contribution in [-0.2, 0) is 26.3 Å². The summed E-state index contributed by atoms with van der Waals surface area (Å²) < 4.78 is 23.0. The van der Waals surface area contributed by atoms with Gasteiger partial charge in [0, 0.05) is 13.1 Å². The molecule has 0 unspecified atom stereocenters. The van der Waals surface area contributed by atoms with Crippen LogP contribution in [0, 0.1) is 0 Å². The van der Waals surface area contributed by atoms with E-state index in [1.807, 2.05) is 60.7 Å². The second-order valence-corrected chi connectivity index (χ2v) is 9.58. The average molecular weight is 541 g/mol. The Balaban J connectivity index is 1.10. The molecule has 6 nitrogen and oxygen atoms in total. The summed E-state index contributed by atoms with van der Waals surface area (Å²) in [6, 6.07) is 32.5. The van der Waals surface area contributed by atoms with Crippen molar-refractivity contribution < 1.29 is 18.9 Å². The summed E-state index contributed by atoms with van der Waals surface area (Å²) in [5.41, 5.74) is 4.61. The fourth-order valence-electron chi connectivity index (χ4n) is 4.32. The zero-order chi connectivity index (χ0) is 27.8. The van der Waals surface area contributed by atoms with Crippen molar-refractivity contribution >= 4 is 0 Å². The molecule has 0 heterocycles. The summed E-state index contributed by atoms with van der Waals surface area (Å²) in [7, 11) is 3.36. The maximum Gasteiger partial charge on any atom is 0.161 e. The first-order valence-electron chi connectivity index (χ1n) is 13.8. The lowest BCUT2D eigenvalue weighted by molar-refractivity contribution is 0.284. The highest BCUT2D eigenvalue weighted by molar-refractivity contribution is 5.44. The lowest BCUT2D eigenvalue weighted by Crippen LogP contribution is -2.18. The molecule has 4 aromatic rings. The molecule has 0 spiro atoms.